The van der Waals surface area contributed by atoms with Crippen LogP contribution in [0.3, 0.4) is 0 Å². The van der Waals surface area contributed by atoms with Crippen LogP contribution in [-0.2, 0) is 9.30 Å². The van der Waals surface area contributed by atoms with Crippen LogP contribution >= 0.6 is 7.37 Å². The van der Waals surface area contributed by atoms with Crippen molar-refractivity contribution in [1.82, 2.24) is 0 Å². The van der Waals surface area contributed by atoms with Crippen LogP contribution in [0.2, 0.25) is 0 Å². The third kappa shape index (κ3) is 8.15. The van der Waals surface area contributed by atoms with Gasteiger partial charge in [0.15, 0.2) is 0 Å². The Bertz CT molecular complexity index is 115. The second-order valence-corrected chi connectivity index (χ2v) is 4.76. The van der Waals surface area contributed by atoms with Crippen LogP contribution < -0.4 is 0 Å². The molecule has 0 amide bonds. The van der Waals surface area contributed by atoms with Crippen LogP contribution in [0.25, 0.3) is 0 Å². The smallest absolute Gasteiger partial charge is 0.222 e. The average molecular weight is 152 g/mol. The van der Waals surface area contributed by atoms with Gasteiger partial charge >= 0.3 is 0 Å². The topological polar surface area (TPSA) is 46.5 Å². The summed E-state index contributed by atoms with van der Waals surface area (Å²) in [6.07, 6.45) is -0.00424. The molecule has 1 atom stereocenters. The Labute approximate surface area is 55.5 Å². The van der Waals surface area contributed by atoms with Gasteiger partial charge in [0.2, 0.25) is 7.37 Å². The zero-order valence-electron chi connectivity index (χ0n) is 6.00. The van der Waals surface area contributed by atoms with E-state index in [1.54, 1.807) is 0 Å². The van der Waals surface area contributed by atoms with E-state index in [9.17, 15) is 4.57 Å². The molecule has 0 heterocycles. The summed E-state index contributed by atoms with van der Waals surface area (Å²) in [6, 6.07) is 0. The Hall–Kier alpha value is 0.150. The summed E-state index contributed by atoms with van der Waals surface area (Å²) < 4.78 is 15.4. The highest BCUT2D eigenvalue weighted by Gasteiger charge is 2.09. The highest BCUT2D eigenvalue weighted by Crippen LogP contribution is 2.34. The number of hydrogen-bond acceptors (Lipinski definition) is 2. The summed E-state index contributed by atoms with van der Waals surface area (Å²) in [4.78, 5) is 8.70. The first-order chi connectivity index (χ1) is 3.92. The Morgan fingerprint density at radius 1 is 1.67 bits per heavy atom. The molecule has 0 aromatic carbocycles. The summed E-state index contributed by atoms with van der Waals surface area (Å²) in [5, 5.41) is 0. The lowest BCUT2D eigenvalue weighted by molar-refractivity contribution is 0.110. The van der Waals surface area contributed by atoms with E-state index in [1.807, 2.05) is 13.8 Å². The molecule has 0 aliphatic heterocycles. The molecule has 0 fully saturated rings. The van der Waals surface area contributed by atoms with E-state index >= 15 is 0 Å². The first-order valence-electron chi connectivity index (χ1n) is 2.83. The number of rotatable bonds is 3. The van der Waals surface area contributed by atoms with E-state index in [1.165, 1.54) is 6.66 Å². The standard InChI is InChI=1S/C5H13O3P/c1-5(2)8-4-9(3,6)7/h5H,4H2,1-3H3,(H,6,7). The van der Waals surface area contributed by atoms with Gasteiger partial charge in [0.25, 0.3) is 0 Å². The van der Waals surface area contributed by atoms with Crippen LogP contribution in [0.1, 0.15) is 13.8 Å². The molecule has 0 rings (SSSR count). The maximum Gasteiger partial charge on any atom is 0.222 e. The Balaban J connectivity index is 3.40. The van der Waals surface area contributed by atoms with E-state index in [2.05, 4.69) is 0 Å². The number of ether oxygens (including phenoxy) is 1. The van der Waals surface area contributed by atoms with Crippen molar-refractivity contribution >= 4 is 7.37 Å². The minimum atomic E-state index is -2.94. The van der Waals surface area contributed by atoms with Gasteiger partial charge in [-0.1, -0.05) is 0 Å². The summed E-state index contributed by atoms with van der Waals surface area (Å²) in [6.45, 7) is 4.95. The van der Waals surface area contributed by atoms with Gasteiger partial charge in [-0.05, 0) is 13.8 Å². The maximum absolute atomic E-state index is 10.5. The van der Waals surface area contributed by atoms with E-state index in [0.29, 0.717) is 0 Å². The van der Waals surface area contributed by atoms with Gasteiger partial charge in [-0.3, -0.25) is 4.57 Å². The highest BCUT2D eigenvalue weighted by molar-refractivity contribution is 7.56. The molecule has 4 heteroatoms. The molecular weight excluding hydrogens is 139 g/mol. The first kappa shape index (κ1) is 9.15. The summed E-state index contributed by atoms with van der Waals surface area (Å²) in [7, 11) is -2.94. The molecular formula is C5H13O3P. The van der Waals surface area contributed by atoms with Crippen molar-refractivity contribution in [3.63, 3.8) is 0 Å². The zero-order chi connectivity index (χ0) is 7.49. The molecule has 1 N–H and O–H groups in total. The molecule has 0 spiro atoms. The molecule has 0 radical (unpaired) electrons. The largest absolute Gasteiger partial charge is 0.369 e. The molecule has 9 heavy (non-hydrogen) atoms. The van der Waals surface area contributed by atoms with Gasteiger partial charge in [-0.25, -0.2) is 0 Å². The van der Waals surface area contributed by atoms with E-state index in [4.69, 9.17) is 9.63 Å². The van der Waals surface area contributed by atoms with Crippen LogP contribution in [0.4, 0.5) is 0 Å². The van der Waals surface area contributed by atoms with E-state index < -0.39 is 7.37 Å². The van der Waals surface area contributed by atoms with Crippen molar-refractivity contribution in [3.05, 3.63) is 0 Å². The fourth-order valence-corrected chi connectivity index (χ4v) is 0.862. The zero-order valence-corrected chi connectivity index (χ0v) is 6.89. The van der Waals surface area contributed by atoms with Crippen LogP contribution in [0.15, 0.2) is 0 Å². The lowest BCUT2D eigenvalue weighted by Gasteiger charge is -2.08. The molecule has 0 aliphatic carbocycles. The maximum atomic E-state index is 10.5. The van der Waals surface area contributed by atoms with Crippen LogP contribution in [0, 0.1) is 0 Å². The summed E-state index contributed by atoms with van der Waals surface area (Å²) in [5.74, 6) is 0. The van der Waals surface area contributed by atoms with Crippen molar-refractivity contribution < 1.29 is 14.2 Å². The molecule has 0 aliphatic rings. The lowest BCUT2D eigenvalue weighted by atomic mass is 10.5. The fourth-order valence-electron chi connectivity index (χ4n) is 0.287. The minimum Gasteiger partial charge on any atom is -0.369 e. The van der Waals surface area contributed by atoms with Crippen molar-refractivity contribution in [2.24, 2.45) is 0 Å². The molecule has 0 aromatic rings. The van der Waals surface area contributed by atoms with Crippen LogP contribution in [0.5, 0.6) is 0 Å². The van der Waals surface area contributed by atoms with Gasteiger partial charge < -0.3 is 9.63 Å². The lowest BCUT2D eigenvalue weighted by Crippen LogP contribution is -2.03. The van der Waals surface area contributed by atoms with Crippen LogP contribution in [-0.4, -0.2) is 24.0 Å². The van der Waals surface area contributed by atoms with Gasteiger partial charge in [0.05, 0.1) is 6.10 Å². The quantitative estimate of drug-likeness (QED) is 0.619. The van der Waals surface area contributed by atoms with Crippen molar-refractivity contribution in [1.29, 1.82) is 0 Å². The normalized spacial score (nSPS) is 17.9. The molecule has 1 unspecified atom stereocenters. The fraction of sp³-hybridized carbons (Fsp3) is 1.00. The molecule has 3 nitrogen and oxygen atoms in total. The first-order valence-corrected chi connectivity index (χ1v) is 5.12. The van der Waals surface area contributed by atoms with Crippen molar-refractivity contribution in [3.8, 4) is 0 Å². The summed E-state index contributed by atoms with van der Waals surface area (Å²) in [5.41, 5.74) is 0. The predicted octanol–water partition coefficient (Wildman–Crippen LogP) is 1.27. The van der Waals surface area contributed by atoms with Gasteiger partial charge in [0, 0.05) is 6.66 Å². The molecule has 56 valence electrons. The molecule has 0 bridgehead atoms. The number of hydrogen-bond donors (Lipinski definition) is 1. The predicted molar refractivity (Wildman–Crippen MR) is 36.8 cm³/mol. The average Bonchev–Trinajstić information content (AvgIpc) is 1.59. The second-order valence-electron chi connectivity index (χ2n) is 2.40. The van der Waals surface area contributed by atoms with Crippen molar-refractivity contribution in [2.75, 3.05) is 13.0 Å². The Kier molecular flexibility index (Phi) is 3.41. The second kappa shape index (κ2) is 3.35. The Morgan fingerprint density at radius 2 is 2.11 bits per heavy atom. The minimum absolute atomic E-state index is 0.0328. The Morgan fingerprint density at radius 3 is 2.22 bits per heavy atom. The van der Waals surface area contributed by atoms with Crippen molar-refractivity contribution in [2.45, 2.75) is 20.0 Å². The van der Waals surface area contributed by atoms with E-state index in [-0.39, 0.29) is 12.5 Å². The highest BCUT2D eigenvalue weighted by atomic mass is 31.2. The SMILES string of the molecule is CC(C)OCP(C)(=O)O. The third-order valence-electron chi connectivity index (χ3n) is 0.647. The molecule has 0 saturated carbocycles. The monoisotopic (exact) mass is 152 g/mol. The summed E-state index contributed by atoms with van der Waals surface area (Å²) >= 11 is 0. The van der Waals surface area contributed by atoms with Gasteiger partial charge in [-0.15, -0.1) is 0 Å². The van der Waals surface area contributed by atoms with Gasteiger partial charge in [0.1, 0.15) is 6.35 Å². The molecule has 0 saturated heterocycles. The van der Waals surface area contributed by atoms with E-state index in [0.717, 1.165) is 0 Å². The van der Waals surface area contributed by atoms with Gasteiger partial charge in [-0.2, -0.15) is 0 Å². The third-order valence-corrected chi connectivity index (χ3v) is 1.28. The molecule has 0 aromatic heterocycles.